The van der Waals surface area contributed by atoms with Gasteiger partial charge in [0.05, 0.1) is 5.25 Å². The van der Waals surface area contributed by atoms with Gasteiger partial charge in [-0.2, -0.15) is 0 Å². The highest BCUT2D eigenvalue weighted by molar-refractivity contribution is 7.99. The zero-order valence-electron chi connectivity index (χ0n) is 13.3. The Bertz CT molecular complexity index is 599. The summed E-state index contributed by atoms with van der Waals surface area (Å²) in [5.74, 6) is 0. The first kappa shape index (κ1) is 16.5. The van der Waals surface area contributed by atoms with Gasteiger partial charge in [-0.15, -0.1) is 11.3 Å². The largest absolute Gasteiger partial charge is 0.326 e. The van der Waals surface area contributed by atoms with Crippen molar-refractivity contribution in [3.05, 3.63) is 38.8 Å². The second-order valence-electron chi connectivity index (χ2n) is 5.36. The van der Waals surface area contributed by atoms with E-state index in [4.69, 9.17) is 5.73 Å². The number of nitrogens with zero attached hydrogens (tertiary/aromatic N) is 2. The van der Waals surface area contributed by atoms with Gasteiger partial charge in [0.2, 0.25) is 0 Å². The average Bonchev–Trinajstić information content (AvgIpc) is 2.87. The van der Waals surface area contributed by atoms with Crippen LogP contribution in [0.2, 0.25) is 0 Å². The van der Waals surface area contributed by atoms with Crippen LogP contribution in [0.4, 0.5) is 0 Å². The summed E-state index contributed by atoms with van der Waals surface area (Å²) < 4.78 is 0. The standard InChI is InChI=1S/C16H23N3S2/c1-6-13(17)15(14-8-7-9(2)20-14)21-16-18-11(4)10(3)12(5)19-16/h7-8,13,15H,6,17H2,1-5H3. The van der Waals surface area contributed by atoms with Gasteiger partial charge in [0, 0.05) is 27.2 Å². The van der Waals surface area contributed by atoms with Gasteiger partial charge in [0.25, 0.3) is 0 Å². The molecule has 0 saturated carbocycles. The molecule has 2 N–H and O–H groups in total. The van der Waals surface area contributed by atoms with Gasteiger partial charge in [0.15, 0.2) is 5.16 Å². The number of aromatic nitrogens is 2. The van der Waals surface area contributed by atoms with Crippen LogP contribution in [0.15, 0.2) is 17.3 Å². The van der Waals surface area contributed by atoms with Crippen LogP contribution < -0.4 is 5.73 Å². The van der Waals surface area contributed by atoms with E-state index in [9.17, 15) is 0 Å². The number of thioether (sulfide) groups is 1. The molecule has 0 spiro atoms. The molecule has 0 amide bonds. The molecule has 2 atom stereocenters. The molecule has 0 saturated heterocycles. The Morgan fingerprint density at radius 3 is 2.24 bits per heavy atom. The Balaban J connectivity index is 2.31. The highest BCUT2D eigenvalue weighted by atomic mass is 32.2. The Morgan fingerprint density at radius 1 is 1.14 bits per heavy atom. The van der Waals surface area contributed by atoms with Crippen LogP contribution in [0.25, 0.3) is 0 Å². The van der Waals surface area contributed by atoms with E-state index in [1.807, 2.05) is 25.2 Å². The van der Waals surface area contributed by atoms with Gasteiger partial charge in [0.1, 0.15) is 0 Å². The summed E-state index contributed by atoms with van der Waals surface area (Å²) >= 11 is 3.50. The summed E-state index contributed by atoms with van der Waals surface area (Å²) in [5.41, 5.74) is 9.62. The van der Waals surface area contributed by atoms with Crippen molar-refractivity contribution in [1.82, 2.24) is 9.97 Å². The molecule has 2 unspecified atom stereocenters. The Morgan fingerprint density at radius 2 is 1.76 bits per heavy atom. The highest BCUT2D eigenvalue weighted by Crippen LogP contribution is 2.39. The lowest BCUT2D eigenvalue weighted by atomic mass is 10.1. The van der Waals surface area contributed by atoms with Gasteiger partial charge in [-0.3, -0.25) is 0 Å². The molecule has 2 heterocycles. The van der Waals surface area contributed by atoms with Gasteiger partial charge in [-0.1, -0.05) is 18.7 Å². The molecule has 0 bridgehead atoms. The molecule has 2 rings (SSSR count). The van der Waals surface area contributed by atoms with E-state index in [0.29, 0.717) is 0 Å². The highest BCUT2D eigenvalue weighted by Gasteiger charge is 2.23. The predicted octanol–water partition coefficient (Wildman–Crippen LogP) is 4.34. The van der Waals surface area contributed by atoms with Crippen molar-refractivity contribution in [3.8, 4) is 0 Å². The number of hydrogen-bond acceptors (Lipinski definition) is 5. The summed E-state index contributed by atoms with van der Waals surface area (Å²) in [6, 6.07) is 4.45. The lowest BCUT2D eigenvalue weighted by molar-refractivity contribution is 0.637. The van der Waals surface area contributed by atoms with E-state index in [2.05, 4.69) is 42.9 Å². The monoisotopic (exact) mass is 321 g/mol. The third-order valence-corrected chi connectivity index (χ3v) is 6.23. The molecule has 0 aliphatic rings. The van der Waals surface area contributed by atoms with Crippen LogP contribution in [-0.4, -0.2) is 16.0 Å². The van der Waals surface area contributed by atoms with E-state index in [0.717, 1.165) is 23.0 Å². The number of aryl methyl sites for hydroxylation is 3. The molecule has 2 aromatic rings. The van der Waals surface area contributed by atoms with Crippen molar-refractivity contribution in [2.45, 2.75) is 57.5 Å². The van der Waals surface area contributed by atoms with Crippen LogP contribution in [0.1, 0.15) is 45.3 Å². The lowest BCUT2D eigenvalue weighted by Crippen LogP contribution is -2.25. The second kappa shape index (κ2) is 6.90. The van der Waals surface area contributed by atoms with Crippen LogP contribution in [0.5, 0.6) is 0 Å². The molecule has 114 valence electrons. The minimum absolute atomic E-state index is 0.110. The Kier molecular flexibility index (Phi) is 5.41. The smallest absolute Gasteiger partial charge is 0.188 e. The third kappa shape index (κ3) is 3.84. The summed E-state index contributed by atoms with van der Waals surface area (Å²) in [5, 5.41) is 1.05. The molecule has 21 heavy (non-hydrogen) atoms. The van der Waals surface area contributed by atoms with Gasteiger partial charge in [-0.05, 0) is 51.8 Å². The van der Waals surface area contributed by atoms with Crippen LogP contribution in [0, 0.1) is 27.7 Å². The number of nitrogens with two attached hydrogens (primary N) is 1. The van der Waals surface area contributed by atoms with Gasteiger partial charge in [-0.25, -0.2) is 9.97 Å². The minimum Gasteiger partial charge on any atom is -0.326 e. The van der Waals surface area contributed by atoms with Crippen molar-refractivity contribution < 1.29 is 0 Å². The molecule has 3 nitrogen and oxygen atoms in total. The molecule has 0 radical (unpaired) electrons. The second-order valence-corrected chi connectivity index (χ2v) is 7.79. The molecule has 0 aliphatic heterocycles. The number of rotatable bonds is 5. The maximum Gasteiger partial charge on any atom is 0.188 e. The topological polar surface area (TPSA) is 51.8 Å². The summed E-state index contributed by atoms with van der Waals surface area (Å²) in [7, 11) is 0. The molecule has 0 aromatic carbocycles. The first-order chi connectivity index (χ1) is 9.92. The van der Waals surface area contributed by atoms with Gasteiger partial charge < -0.3 is 5.73 Å². The first-order valence-corrected chi connectivity index (χ1v) is 8.92. The number of hydrogen-bond donors (Lipinski definition) is 1. The SMILES string of the molecule is CCC(N)C(Sc1nc(C)c(C)c(C)n1)c1ccc(C)s1. The van der Waals surface area contributed by atoms with E-state index >= 15 is 0 Å². The van der Waals surface area contributed by atoms with Crippen LogP contribution in [-0.2, 0) is 0 Å². The van der Waals surface area contributed by atoms with E-state index in [1.54, 1.807) is 11.8 Å². The molecule has 0 fully saturated rings. The maximum absolute atomic E-state index is 6.34. The van der Waals surface area contributed by atoms with Crippen molar-refractivity contribution in [2.24, 2.45) is 5.73 Å². The molecular weight excluding hydrogens is 298 g/mol. The summed E-state index contributed by atoms with van der Waals surface area (Å²) in [6.45, 7) is 10.4. The maximum atomic E-state index is 6.34. The van der Waals surface area contributed by atoms with E-state index < -0.39 is 0 Å². The van der Waals surface area contributed by atoms with Crippen LogP contribution in [0.3, 0.4) is 0 Å². The van der Waals surface area contributed by atoms with Crippen molar-refractivity contribution in [2.75, 3.05) is 0 Å². The number of thiophene rings is 1. The fourth-order valence-electron chi connectivity index (χ4n) is 2.08. The fourth-order valence-corrected chi connectivity index (χ4v) is 4.48. The average molecular weight is 322 g/mol. The molecular formula is C16H23N3S2. The van der Waals surface area contributed by atoms with Crippen molar-refractivity contribution in [1.29, 1.82) is 0 Å². The first-order valence-electron chi connectivity index (χ1n) is 7.22. The zero-order chi connectivity index (χ0) is 15.6. The lowest BCUT2D eigenvalue weighted by Gasteiger charge is -2.21. The van der Waals surface area contributed by atoms with Gasteiger partial charge >= 0.3 is 0 Å². The third-order valence-electron chi connectivity index (χ3n) is 3.75. The predicted molar refractivity (Wildman–Crippen MR) is 92.2 cm³/mol. The summed E-state index contributed by atoms with van der Waals surface area (Å²) in [6.07, 6.45) is 0.943. The molecule has 0 aliphatic carbocycles. The van der Waals surface area contributed by atoms with Crippen LogP contribution >= 0.6 is 23.1 Å². The normalized spacial score (nSPS) is 14.2. The zero-order valence-corrected chi connectivity index (χ0v) is 14.9. The van der Waals surface area contributed by atoms with E-state index in [1.165, 1.54) is 15.3 Å². The Labute approximate surface area is 135 Å². The van der Waals surface area contributed by atoms with Crippen molar-refractivity contribution in [3.63, 3.8) is 0 Å². The summed E-state index contributed by atoms with van der Waals surface area (Å²) in [4.78, 5) is 11.9. The molecule has 5 heteroatoms. The van der Waals surface area contributed by atoms with Crippen molar-refractivity contribution >= 4 is 23.1 Å². The Hall–Kier alpha value is -0.910. The minimum atomic E-state index is 0.110. The molecule has 2 aromatic heterocycles. The fraction of sp³-hybridized carbons (Fsp3) is 0.500. The quantitative estimate of drug-likeness (QED) is 0.657. The van der Waals surface area contributed by atoms with E-state index in [-0.39, 0.29) is 11.3 Å².